The van der Waals surface area contributed by atoms with Crippen LogP contribution in [0.4, 0.5) is 0 Å². The molecule has 78 valence electrons. The first-order valence-corrected chi connectivity index (χ1v) is 4.48. The fraction of sp³-hybridized carbons (Fsp3) is 0.0833. The molecule has 2 N–H and O–H groups in total. The molecule has 0 aliphatic rings. The van der Waals surface area contributed by atoms with Crippen molar-refractivity contribution in [3.05, 3.63) is 48.1 Å². The molecule has 0 heterocycles. The number of carboxylic acid groups (broad SMARTS) is 1. The Morgan fingerprint density at radius 2 is 2.20 bits per heavy atom. The molecule has 0 aliphatic carbocycles. The van der Waals surface area contributed by atoms with Crippen molar-refractivity contribution < 1.29 is 15.0 Å². The Bertz CT molecular complexity index is 405. The zero-order valence-electron chi connectivity index (χ0n) is 8.18. The lowest BCUT2D eigenvalue weighted by molar-refractivity contribution is -0.131. The summed E-state index contributed by atoms with van der Waals surface area (Å²) in [6, 6.07) is 4.98. The summed E-state index contributed by atoms with van der Waals surface area (Å²) in [6.45, 7) is 3.58. The molecule has 0 bridgehead atoms. The third-order valence-corrected chi connectivity index (χ3v) is 1.94. The average Bonchev–Trinajstić information content (AvgIpc) is 2.19. The van der Waals surface area contributed by atoms with E-state index in [-0.39, 0.29) is 5.75 Å². The Kier molecular flexibility index (Phi) is 3.68. The van der Waals surface area contributed by atoms with Crippen molar-refractivity contribution in [1.82, 2.24) is 0 Å². The number of aromatic hydroxyl groups is 1. The highest BCUT2D eigenvalue weighted by Gasteiger charge is 2.03. The number of carboxylic acids is 1. The fourth-order valence-electron chi connectivity index (χ4n) is 1.28. The van der Waals surface area contributed by atoms with Crippen molar-refractivity contribution in [2.45, 2.75) is 6.42 Å². The van der Waals surface area contributed by atoms with E-state index in [2.05, 4.69) is 6.58 Å². The summed E-state index contributed by atoms with van der Waals surface area (Å²) in [6.07, 6.45) is 4.67. The number of allylic oxidation sites excluding steroid dienone is 1. The third-order valence-electron chi connectivity index (χ3n) is 1.94. The van der Waals surface area contributed by atoms with Gasteiger partial charge in [-0.2, -0.15) is 0 Å². The van der Waals surface area contributed by atoms with Gasteiger partial charge in [0.05, 0.1) is 0 Å². The fourth-order valence-corrected chi connectivity index (χ4v) is 1.28. The predicted molar refractivity (Wildman–Crippen MR) is 58.7 cm³/mol. The van der Waals surface area contributed by atoms with E-state index in [1.165, 1.54) is 6.08 Å². The maximum absolute atomic E-state index is 10.4. The maximum atomic E-state index is 10.4. The highest BCUT2D eigenvalue weighted by Crippen LogP contribution is 2.22. The third kappa shape index (κ3) is 2.98. The molecule has 1 rings (SSSR count). The quantitative estimate of drug-likeness (QED) is 0.584. The van der Waals surface area contributed by atoms with Crippen LogP contribution in [0.5, 0.6) is 5.75 Å². The molecule has 0 fully saturated rings. The van der Waals surface area contributed by atoms with E-state index in [1.54, 1.807) is 24.3 Å². The van der Waals surface area contributed by atoms with Crippen LogP contribution in [0.3, 0.4) is 0 Å². The van der Waals surface area contributed by atoms with Crippen molar-refractivity contribution in [2.75, 3.05) is 0 Å². The van der Waals surface area contributed by atoms with Crippen LogP contribution in [0.15, 0.2) is 36.9 Å². The predicted octanol–water partition coefficient (Wildman–Crippen LogP) is 2.22. The minimum Gasteiger partial charge on any atom is -0.508 e. The number of phenols is 1. The summed E-state index contributed by atoms with van der Waals surface area (Å²) in [4.78, 5) is 10.4. The standard InChI is InChI=1S/C12H12O3/c1-2-4-10-9(7-8-12(14)15)5-3-6-11(10)13/h2-3,5-8,13H,1,4H2,(H,14,15)/b8-7+. The number of hydrogen-bond acceptors (Lipinski definition) is 2. The van der Waals surface area contributed by atoms with E-state index >= 15 is 0 Å². The van der Waals surface area contributed by atoms with Crippen LogP contribution >= 0.6 is 0 Å². The Morgan fingerprint density at radius 1 is 1.47 bits per heavy atom. The SMILES string of the molecule is C=CCc1c(O)cccc1/C=C/C(=O)O. The molecule has 3 heteroatoms. The van der Waals surface area contributed by atoms with Gasteiger partial charge in [0.25, 0.3) is 0 Å². The van der Waals surface area contributed by atoms with Gasteiger partial charge in [-0.15, -0.1) is 6.58 Å². The van der Waals surface area contributed by atoms with Crippen LogP contribution < -0.4 is 0 Å². The van der Waals surface area contributed by atoms with Crippen molar-refractivity contribution in [3.8, 4) is 5.75 Å². The van der Waals surface area contributed by atoms with Crippen LogP contribution in [-0.4, -0.2) is 16.2 Å². The molecule has 3 nitrogen and oxygen atoms in total. The van der Waals surface area contributed by atoms with Crippen molar-refractivity contribution in [1.29, 1.82) is 0 Å². The van der Waals surface area contributed by atoms with Crippen LogP contribution in [0.1, 0.15) is 11.1 Å². The lowest BCUT2D eigenvalue weighted by Crippen LogP contribution is -1.90. The van der Waals surface area contributed by atoms with Gasteiger partial charge in [0.15, 0.2) is 0 Å². The Balaban J connectivity index is 3.10. The average molecular weight is 204 g/mol. The molecule has 0 atom stereocenters. The van der Waals surface area contributed by atoms with Gasteiger partial charge in [0.2, 0.25) is 0 Å². The molecule has 0 amide bonds. The first-order chi connectivity index (χ1) is 7.15. The van der Waals surface area contributed by atoms with Gasteiger partial charge in [-0.25, -0.2) is 4.79 Å². The Hall–Kier alpha value is -2.03. The number of benzene rings is 1. The molecule has 1 aromatic rings. The van der Waals surface area contributed by atoms with Gasteiger partial charge in [-0.05, 0) is 24.1 Å². The topological polar surface area (TPSA) is 57.5 Å². The molecule has 1 aromatic carbocycles. The van der Waals surface area contributed by atoms with Crippen molar-refractivity contribution >= 4 is 12.0 Å². The molecule has 0 spiro atoms. The normalized spacial score (nSPS) is 10.4. The summed E-state index contributed by atoms with van der Waals surface area (Å²) in [7, 11) is 0. The molecule has 0 saturated heterocycles. The van der Waals surface area contributed by atoms with E-state index in [0.717, 1.165) is 6.08 Å². The van der Waals surface area contributed by atoms with Crippen LogP contribution in [0.25, 0.3) is 6.08 Å². The second-order valence-electron chi connectivity index (χ2n) is 3.01. The number of rotatable bonds is 4. The van der Waals surface area contributed by atoms with E-state index in [4.69, 9.17) is 5.11 Å². The van der Waals surface area contributed by atoms with Gasteiger partial charge < -0.3 is 10.2 Å². The van der Waals surface area contributed by atoms with Gasteiger partial charge in [-0.1, -0.05) is 18.2 Å². The first-order valence-electron chi connectivity index (χ1n) is 4.48. The minimum atomic E-state index is -1.01. The molecule has 0 aromatic heterocycles. The zero-order valence-corrected chi connectivity index (χ0v) is 8.18. The van der Waals surface area contributed by atoms with Crippen LogP contribution in [0, 0.1) is 0 Å². The van der Waals surface area contributed by atoms with E-state index in [9.17, 15) is 9.90 Å². The lowest BCUT2D eigenvalue weighted by atomic mass is 10.0. The summed E-state index contributed by atoms with van der Waals surface area (Å²) in [5, 5.41) is 18.1. The largest absolute Gasteiger partial charge is 0.508 e. The zero-order chi connectivity index (χ0) is 11.3. The summed E-state index contributed by atoms with van der Waals surface area (Å²) >= 11 is 0. The Morgan fingerprint density at radius 3 is 2.80 bits per heavy atom. The van der Waals surface area contributed by atoms with Crippen molar-refractivity contribution in [3.63, 3.8) is 0 Å². The van der Waals surface area contributed by atoms with Crippen LogP contribution in [-0.2, 0) is 11.2 Å². The van der Waals surface area contributed by atoms with Gasteiger partial charge in [-0.3, -0.25) is 0 Å². The molecule has 0 unspecified atom stereocenters. The van der Waals surface area contributed by atoms with E-state index in [0.29, 0.717) is 17.5 Å². The minimum absolute atomic E-state index is 0.155. The lowest BCUT2D eigenvalue weighted by Gasteiger charge is -2.05. The van der Waals surface area contributed by atoms with Crippen LogP contribution in [0.2, 0.25) is 0 Å². The molecule has 0 saturated carbocycles. The van der Waals surface area contributed by atoms with Crippen molar-refractivity contribution in [2.24, 2.45) is 0 Å². The summed E-state index contributed by atoms with van der Waals surface area (Å²) in [5.41, 5.74) is 1.38. The molecular weight excluding hydrogens is 192 g/mol. The Labute approximate surface area is 88.0 Å². The molecule has 15 heavy (non-hydrogen) atoms. The van der Waals surface area contributed by atoms with E-state index < -0.39 is 5.97 Å². The maximum Gasteiger partial charge on any atom is 0.328 e. The second kappa shape index (κ2) is 5.00. The molecule has 0 radical (unpaired) electrons. The molecule has 0 aliphatic heterocycles. The van der Waals surface area contributed by atoms with Gasteiger partial charge in [0, 0.05) is 11.6 Å². The number of carbonyl (C=O) groups is 1. The second-order valence-corrected chi connectivity index (χ2v) is 3.01. The monoisotopic (exact) mass is 204 g/mol. The van der Waals surface area contributed by atoms with E-state index in [1.807, 2.05) is 0 Å². The highest BCUT2D eigenvalue weighted by molar-refractivity contribution is 5.85. The number of aliphatic carboxylic acids is 1. The number of hydrogen-bond donors (Lipinski definition) is 2. The number of phenolic OH excluding ortho intramolecular Hbond substituents is 1. The molecular formula is C12H12O3. The summed E-state index contributed by atoms with van der Waals surface area (Å²) < 4.78 is 0. The smallest absolute Gasteiger partial charge is 0.328 e. The van der Waals surface area contributed by atoms with Gasteiger partial charge in [0.1, 0.15) is 5.75 Å². The highest BCUT2D eigenvalue weighted by atomic mass is 16.4. The summed E-state index contributed by atoms with van der Waals surface area (Å²) in [5.74, 6) is -0.856. The van der Waals surface area contributed by atoms with Gasteiger partial charge >= 0.3 is 5.97 Å². The first kappa shape index (κ1) is 11.0.